The smallest absolute Gasteiger partial charge is 0.262 e. The third kappa shape index (κ3) is 4.39. The molecule has 0 saturated heterocycles. The Morgan fingerprint density at radius 3 is 2.48 bits per heavy atom. The highest BCUT2D eigenvalue weighted by Gasteiger charge is 2.30. The second-order valence-corrected chi connectivity index (χ2v) is 8.36. The van der Waals surface area contributed by atoms with Crippen LogP contribution in [0.3, 0.4) is 0 Å². The van der Waals surface area contributed by atoms with Crippen LogP contribution in [0.1, 0.15) is 25.7 Å². The van der Waals surface area contributed by atoms with Crippen molar-refractivity contribution in [2.75, 3.05) is 11.9 Å². The Labute approximate surface area is 147 Å². The van der Waals surface area contributed by atoms with E-state index in [9.17, 15) is 13.2 Å². The average Bonchev–Trinajstić information content (AvgIpc) is 3.17. The summed E-state index contributed by atoms with van der Waals surface area (Å²) in [6.45, 7) is -0.135. The zero-order valence-electron chi connectivity index (χ0n) is 13.9. The average molecular weight is 359 g/mol. The number of amides is 1. The number of ether oxygens (including phenoxy) is 1. The van der Waals surface area contributed by atoms with Crippen LogP contribution in [0.4, 0.5) is 5.69 Å². The van der Waals surface area contributed by atoms with Gasteiger partial charge in [-0.2, -0.15) is 0 Å². The molecular formula is C19H21NO4S. The molecule has 0 bridgehead atoms. The first-order valence-corrected chi connectivity index (χ1v) is 9.92. The molecule has 1 N–H and O–H groups in total. The minimum atomic E-state index is -3.33. The Kier molecular flexibility index (Phi) is 5.38. The Hall–Kier alpha value is -2.34. The number of carbonyl (C=O) groups excluding carboxylic acids is 1. The normalized spacial score (nSPS) is 15.0. The van der Waals surface area contributed by atoms with E-state index in [-0.39, 0.29) is 22.7 Å². The van der Waals surface area contributed by atoms with Crippen LogP contribution in [-0.2, 0) is 14.6 Å². The molecule has 1 saturated carbocycles. The maximum atomic E-state index is 12.6. The first kappa shape index (κ1) is 17.5. The van der Waals surface area contributed by atoms with Gasteiger partial charge >= 0.3 is 0 Å². The van der Waals surface area contributed by atoms with Crippen LogP contribution in [0.25, 0.3) is 0 Å². The van der Waals surface area contributed by atoms with Crippen molar-refractivity contribution in [3.63, 3.8) is 0 Å². The monoisotopic (exact) mass is 359 g/mol. The summed E-state index contributed by atoms with van der Waals surface area (Å²) in [5.74, 6) is 0.273. The summed E-state index contributed by atoms with van der Waals surface area (Å²) in [4.78, 5) is 12.3. The molecule has 0 aliphatic heterocycles. The standard InChI is InChI=1S/C19H21NO4S/c21-19(14-24-16-8-2-1-3-9-16)20-15-7-6-12-18(13-15)25(22,23)17-10-4-5-11-17/h1-3,6-9,12-13,17H,4-5,10-11,14H2,(H,20,21). The first-order chi connectivity index (χ1) is 12.1. The number of hydrogen-bond donors (Lipinski definition) is 1. The molecule has 0 spiro atoms. The van der Waals surface area contributed by atoms with Crippen LogP contribution in [0.15, 0.2) is 59.5 Å². The van der Waals surface area contributed by atoms with Gasteiger partial charge in [-0.3, -0.25) is 4.79 Å². The van der Waals surface area contributed by atoms with Gasteiger partial charge in [0.05, 0.1) is 10.1 Å². The van der Waals surface area contributed by atoms with E-state index in [0.717, 1.165) is 12.8 Å². The molecule has 3 rings (SSSR count). The van der Waals surface area contributed by atoms with Crippen LogP contribution >= 0.6 is 0 Å². The van der Waals surface area contributed by atoms with Gasteiger partial charge in [0.25, 0.3) is 5.91 Å². The number of benzene rings is 2. The molecule has 0 atom stereocenters. The molecule has 2 aromatic carbocycles. The van der Waals surface area contributed by atoms with Crippen molar-refractivity contribution >= 4 is 21.4 Å². The zero-order chi connectivity index (χ0) is 17.7. The number of nitrogens with one attached hydrogen (secondary N) is 1. The van der Waals surface area contributed by atoms with E-state index in [1.807, 2.05) is 18.2 Å². The van der Waals surface area contributed by atoms with Crippen LogP contribution in [0.5, 0.6) is 5.75 Å². The van der Waals surface area contributed by atoms with Crippen molar-refractivity contribution < 1.29 is 17.9 Å². The molecule has 5 nitrogen and oxygen atoms in total. The van der Waals surface area contributed by atoms with Gasteiger partial charge in [-0.25, -0.2) is 8.42 Å². The summed E-state index contributed by atoms with van der Waals surface area (Å²) >= 11 is 0. The summed E-state index contributed by atoms with van der Waals surface area (Å²) in [6, 6.07) is 15.5. The van der Waals surface area contributed by atoms with E-state index in [2.05, 4.69) is 5.32 Å². The van der Waals surface area contributed by atoms with Gasteiger partial charge in [-0.1, -0.05) is 37.1 Å². The summed E-state index contributed by atoms with van der Waals surface area (Å²) in [5.41, 5.74) is 0.459. The second-order valence-electron chi connectivity index (χ2n) is 6.13. The number of anilines is 1. The van der Waals surface area contributed by atoms with Gasteiger partial charge in [0.2, 0.25) is 0 Å². The predicted octanol–water partition coefficient (Wildman–Crippen LogP) is 3.42. The molecule has 6 heteroatoms. The van der Waals surface area contributed by atoms with Gasteiger partial charge in [0.15, 0.2) is 16.4 Å². The fraction of sp³-hybridized carbons (Fsp3) is 0.316. The molecule has 2 aromatic rings. The molecule has 1 amide bonds. The van der Waals surface area contributed by atoms with Crippen LogP contribution in [-0.4, -0.2) is 26.2 Å². The maximum absolute atomic E-state index is 12.6. The van der Waals surface area contributed by atoms with Gasteiger partial charge in [0, 0.05) is 5.69 Å². The Balaban J connectivity index is 1.64. The minimum Gasteiger partial charge on any atom is -0.484 e. The fourth-order valence-electron chi connectivity index (χ4n) is 3.00. The Morgan fingerprint density at radius 1 is 1.04 bits per heavy atom. The number of rotatable bonds is 6. The minimum absolute atomic E-state index is 0.135. The van der Waals surface area contributed by atoms with E-state index in [1.54, 1.807) is 30.3 Å². The number of sulfone groups is 1. The Bertz CT molecular complexity index is 828. The Morgan fingerprint density at radius 2 is 1.76 bits per heavy atom. The van der Waals surface area contributed by atoms with Crippen molar-refractivity contribution in [2.24, 2.45) is 0 Å². The van der Waals surface area contributed by atoms with Crippen LogP contribution in [0.2, 0.25) is 0 Å². The third-order valence-corrected chi connectivity index (χ3v) is 6.56. The van der Waals surface area contributed by atoms with Crippen LogP contribution in [0, 0.1) is 0 Å². The highest BCUT2D eigenvalue weighted by molar-refractivity contribution is 7.92. The highest BCUT2D eigenvalue weighted by atomic mass is 32.2. The molecule has 0 radical (unpaired) electrons. The largest absolute Gasteiger partial charge is 0.484 e. The summed E-state index contributed by atoms with van der Waals surface area (Å²) < 4.78 is 30.7. The molecule has 1 fully saturated rings. The first-order valence-electron chi connectivity index (χ1n) is 8.37. The van der Waals surface area contributed by atoms with Gasteiger partial charge in [-0.05, 0) is 43.2 Å². The lowest BCUT2D eigenvalue weighted by molar-refractivity contribution is -0.118. The molecule has 0 heterocycles. The molecule has 132 valence electrons. The predicted molar refractivity (Wildman–Crippen MR) is 96.5 cm³/mol. The summed E-state index contributed by atoms with van der Waals surface area (Å²) in [7, 11) is -3.33. The van der Waals surface area contributed by atoms with E-state index in [4.69, 9.17) is 4.74 Å². The molecule has 1 aliphatic carbocycles. The van der Waals surface area contributed by atoms with Crippen molar-refractivity contribution in [3.8, 4) is 5.75 Å². The zero-order valence-corrected chi connectivity index (χ0v) is 14.7. The molecule has 25 heavy (non-hydrogen) atoms. The quantitative estimate of drug-likeness (QED) is 0.858. The molecule has 0 aromatic heterocycles. The van der Waals surface area contributed by atoms with Crippen molar-refractivity contribution in [1.82, 2.24) is 0 Å². The van der Waals surface area contributed by atoms with E-state index >= 15 is 0 Å². The lowest BCUT2D eigenvalue weighted by atomic mass is 10.3. The van der Waals surface area contributed by atoms with Crippen molar-refractivity contribution in [3.05, 3.63) is 54.6 Å². The molecule has 1 aliphatic rings. The topological polar surface area (TPSA) is 72.5 Å². The second kappa shape index (κ2) is 7.70. The van der Waals surface area contributed by atoms with Gasteiger partial charge in [0.1, 0.15) is 5.75 Å². The van der Waals surface area contributed by atoms with E-state index in [0.29, 0.717) is 24.3 Å². The van der Waals surface area contributed by atoms with Gasteiger partial charge < -0.3 is 10.1 Å². The lowest BCUT2D eigenvalue weighted by Gasteiger charge is -2.13. The molecule has 0 unspecified atom stereocenters. The van der Waals surface area contributed by atoms with Crippen molar-refractivity contribution in [1.29, 1.82) is 0 Å². The van der Waals surface area contributed by atoms with Crippen LogP contribution < -0.4 is 10.1 Å². The SMILES string of the molecule is O=C(COc1ccccc1)Nc1cccc(S(=O)(=O)C2CCCC2)c1. The third-order valence-electron chi connectivity index (χ3n) is 4.30. The fourth-order valence-corrected chi connectivity index (χ4v) is 4.90. The number of carbonyl (C=O) groups is 1. The lowest BCUT2D eigenvalue weighted by Crippen LogP contribution is -2.21. The number of hydrogen-bond acceptors (Lipinski definition) is 4. The highest BCUT2D eigenvalue weighted by Crippen LogP contribution is 2.30. The summed E-state index contributed by atoms with van der Waals surface area (Å²) in [6.07, 6.45) is 3.34. The van der Waals surface area contributed by atoms with E-state index < -0.39 is 9.84 Å². The van der Waals surface area contributed by atoms with Gasteiger partial charge in [-0.15, -0.1) is 0 Å². The summed E-state index contributed by atoms with van der Waals surface area (Å²) in [5, 5.41) is 2.38. The van der Waals surface area contributed by atoms with Crippen molar-refractivity contribution in [2.45, 2.75) is 35.8 Å². The maximum Gasteiger partial charge on any atom is 0.262 e. The molecular weight excluding hydrogens is 338 g/mol. The number of para-hydroxylation sites is 1. The van der Waals surface area contributed by atoms with E-state index in [1.165, 1.54) is 6.07 Å².